The Hall–Kier alpha value is -2.98. The Bertz CT molecular complexity index is 1010. The van der Waals surface area contributed by atoms with Crippen molar-refractivity contribution in [3.8, 4) is 5.75 Å². The molecule has 142 valence electrons. The average molecular weight is 393 g/mol. The molecule has 0 unspecified atom stereocenters. The third kappa shape index (κ3) is 3.43. The van der Waals surface area contributed by atoms with Crippen LogP contribution in [0.25, 0.3) is 0 Å². The molecular formula is C23H21ClN2O2. The van der Waals surface area contributed by atoms with Gasteiger partial charge in [-0.3, -0.25) is 0 Å². The Labute approximate surface area is 169 Å². The molecule has 0 fully saturated rings. The first kappa shape index (κ1) is 18.4. The van der Waals surface area contributed by atoms with E-state index in [0.29, 0.717) is 23.0 Å². The quantitative estimate of drug-likeness (QED) is 0.636. The molecule has 3 aromatic rings. The van der Waals surface area contributed by atoms with Gasteiger partial charge in [0, 0.05) is 11.6 Å². The van der Waals surface area contributed by atoms with Gasteiger partial charge in [0.1, 0.15) is 5.75 Å². The van der Waals surface area contributed by atoms with Crippen molar-refractivity contribution < 1.29 is 9.53 Å². The summed E-state index contributed by atoms with van der Waals surface area (Å²) in [5.74, 6) is 0.627. The summed E-state index contributed by atoms with van der Waals surface area (Å²) in [6.07, 6.45) is 0.802. The molecule has 4 nitrogen and oxygen atoms in total. The molecule has 0 saturated heterocycles. The number of methoxy groups -OCH3 is 1. The maximum Gasteiger partial charge on any atom is 0.322 e. The van der Waals surface area contributed by atoms with E-state index in [9.17, 15) is 4.79 Å². The number of carbonyl (C=O) groups is 1. The van der Waals surface area contributed by atoms with Gasteiger partial charge in [0.25, 0.3) is 0 Å². The molecule has 2 amide bonds. The van der Waals surface area contributed by atoms with Crippen molar-refractivity contribution in [2.75, 3.05) is 19.0 Å². The van der Waals surface area contributed by atoms with Gasteiger partial charge in [-0.2, -0.15) is 0 Å². The molecule has 1 aliphatic rings. The Kier molecular flexibility index (Phi) is 5.22. The van der Waals surface area contributed by atoms with Gasteiger partial charge < -0.3 is 15.0 Å². The first-order valence-corrected chi connectivity index (χ1v) is 9.59. The SMILES string of the molecule is COc1ccccc1NC(=O)N1CCc2ccccc2[C@@H]1c1ccccc1Cl. The summed E-state index contributed by atoms with van der Waals surface area (Å²) >= 11 is 6.52. The number of anilines is 1. The van der Waals surface area contributed by atoms with E-state index in [1.807, 2.05) is 65.6 Å². The van der Waals surface area contributed by atoms with Crippen LogP contribution in [0.3, 0.4) is 0 Å². The van der Waals surface area contributed by atoms with Crippen LogP contribution in [0.4, 0.5) is 10.5 Å². The number of amides is 2. The van der Waals surface area contributed by atoms with E-state index in [0.717, 1.165) is 17.5 Å². The molecule has 3 aromatic carbocycles. The normalized spacial score (nSPS) is 15.6. The van der Waals surface area contributed by atoms with E-state index in [2.05, 4.69) is 17.4 Å². The van der Waals surface area contributed by atoms with Gasteiger partial charge >= 0.3 is 6.03 Å². The van der Waals surface area contributed by atoms with E-state index in [1.54, 1.807) is 7.11 Å². The molecule has 0 aliphatic carbocycles. The van der Waals surface area contributed by atoms with Crippen LogP contribution in [0.1, 0.15) is 22.7 Å². The highest BCUT2D eigenvalue weighted by molar-refractivity contribution is 6.31. The largest absolute Gasteiger partial charge is 0.495 e. The third-order valence-electron chi connectivity index (χ3n) is 5.09. The minimum absolute atomic E-state index is 0.177. The summed E-state index contributed by atoms with van der Waals surface area (Å²) in [6.45, 7) is 0.605. The molecule has 28 heavy (non-hydrogen) atoms. The molecule has 0 aromatic heterocycles. The van der Waals surface area contributed by atoms with E-state index < -0.39 is 0 Å². The van der Waals surface area contributed by atoms with E-state index in [4.69, 9.17) is 16.3 Å². The van der Waals surface area contributed by atoms with E-state index >= 15 is 0 Å². The van der Waals surface area contributed by atoms with Crippen molar-refractivity contribution in [2.24, 2.45) is 0 Å². The van der Waals surface area contributed by atoms with Crippen LogP contribution < -0.4 is 10.1 Å². The van der Waals surface area contributed by atoms with Gasteiger partial charge in [-0.25, -0.2) is 4.79 Å². The minimum Gasteiger partial charge on any atom is -0.495 e. The Morgan fingerprint density at radius 3 is 2.46 bits per heavy atom. The standard InChI is InChI=1S/C23H21ClN2O2/c1-28-21-13-7-6-12-20(21)25-23(27)26-15-14-16-8-2-3-9-17(16)22(26)18-10-4-5-11-19(18)24/h2-13,22H,14-15H2,1H3,(H,25,27)/t22-/m1/s1. The lowest BCUT2D eigenvalue weighted by molar-refractivity contribution is 0.194. The second kappa shape index (κ2) is 7.95. The van der Waals surface area contributed by atoms with E-state index in [-0.39, 0.29) is 12.1 Å². The minimum atomic E-state index is -0.242. The Morgan fingerprint density at radius 1 is 1.00 bits per heavy atom. The van der Waals surface area contributed by atoms with Crippen LogP contribution in [0.5, 0.6) is 5.75 Å². The zero-order valence-electron chi connectivity index (χ0n) is 15.6. The third-order valence-corrected chi connectivity index (χ3v) is 5.44. The Morgan fingerprint density at radius 2 is 1.68 bits per heavy atom. The number of nitrogens with one attached hydrogen (secondary N) is 1. The lowest BCUT2D eigenvalue weighted by Crippen LogP contribution is -2.43. The highest BCUT2D eigenvalue weighted by atomic mass is 35.5. The lowest BCUT2D eigenvalue weighted by atomic mass is 9.88. The van der Waals surface area contributed by atoms with E-state index in [1.165, 1.54) is 5.56 Å². The summed E-state index contributed by atoms with van der Waals surface area (Å²) in [5.41, 5.74) is 3.92. The number of para-hydroxylation sites is 2. The second-order valence-electron chi connectivity index (χ2n) is 6.70. The van der Waals surface area contributed by atoms with Crippen LogP contribution in [0, 0.1) is 0 Å². The molecule has 4 rings (SSSR count). The fourth-order valence-electron chi connectivity index (χ4n) is 3.75. The highest BCUT2D eigenvalue weighted by Crippen LogP contribution is 2.38. The number of urea groups is 1. The van der Waals surface area contributed by atoms with Gasteiger partial charge in [0.2, 0.25) is 0 Å². The molecule has 1 heterocycles. The van der Waals surface area contributed by atoms with Crippen LogP contribution >= 0.6 is 11.6 Å². The predicted octanol–water partition coefficient (Wildman–Crippen LogP) is 5.53. The molecule has 0 bridgehead atoms. The smallest absolute Gasteiger partial charge is 0.322 e. The summed E-state index contributed by atoms with van der Waals surface area (Å²) in [5, 5.41) is 3.65. The first-order chi connectivity index (χ1) is 13.7. The van der Waals surface area contributed by atoms with Crippen molar-refractivity contribution in [3.05, 3.63) is 94.5 Å². The molecule has 0 radical (unpaired) electrons. The Balaban J connectivity index is 1.73. The molecule has 1 atom stereocenters. The van der Waals surface area contributed by atoms with Crippen LogP contribution in [0.2, 0.25) is 5.02 Å². The number of fused-ring (bicyclic) bond motifs is 1. The summed E-state index contributed by atoms with van der Waals surface area (Å²) in [7, 11) is 1.59. The highest BCUT2D eigenvalue weighted by Gasteiger charge is 2.33. The molecule has 1 aliphatic heterocycles. The maximum atomic E-state index is 13.3. The number of benzene rings is 3. The molecule has 1 N–H and O–H groups in total. The predicted molar refractivity (Wildman–Crippen MR) is 112 cm³/mol. The first-order valence-electron chi connectivity index (χ1n) is 9.22. The average Bonchev–Trinajstić information content (AvgIpc) is 2.74. The molecule has 0 saturated carbocycles. The van der Waals surface area contributed by atoms with Crippen LogP contribution in [-0.4, -0.2) is 24.6 Å². The van der Waals surface area contributed by atoms with Crippen molar-refractivity contribution in [3.63, 3.8) is 0 Å². The summed E-state index contributed by atoms with van der Waals surface area (Å²) in [6, 6.07) is 22.9. The number of ether oxygens (including phenoxy) is 1. The van der Waals surface area contributed by atoms with Gasteiger partial charge in [-0.1, -0.05) is 66.2 Å². The number of nitrogens with zero attached hydrogens (tertiary/aromatic N) is 1. The fraction of sp³-hybridized carbons (Fsp3) is 0.174. The summed E-state index contributed by atoms with van der Waals surface area (Å²) in [4.78, 5) is 15.1. The maximum absolute atomic E-state index is 13.3. The topological polar surface area (TPSA) is 41.6 Å². The lowest BCUT2D eigenvalue weighted by Gasteiger charge is -2.38. The monoisotopic (exact) mass is 392 g/mol. The zero-order chi connectivity index (χ0) is 19.5. The van der Waals surface area contributed by atoms with Crippen LogP contribution in [0.15, 0.2) is 72.8 Å². The van der Waals surface area contributed by atoms with Crippen molar-refractivity contribution >= 4 is 23.3 Å². The van der Waals surface area contributed by atoms with Crippen molar-refractivity contribution in [1.82, 2.24) is 4.90 Å². The number of carbonyl (C=O) groups excluding carboxylic acids is 1. The van der Waals surface area contributed by atoms with Gasteiger partial charge in [-0.05, 0) is 41.3 Å². The number of rotatable bonds is 3. The molecule has 0 spiro atoms. The van der Waals surface area contributed by atoms with Gasteiger partial charge in [0.15, 0.2) is 0 Å². The summed E-state index contributed by atoms with van der Waals surface area (Å²) < 4.78 is 5.37. The number of hydrogen-bond donors (Lipinski definition) is 1. The number of hydrogen-bond acceptors (Lipinski definition) is 2. The number of halogens is 1. The van der Waals surface area contributed by atoms with Gasteiger partial charge in [-0.15, -0.1) is 0 Å². The zero-order valence-corrected chi connectivity index (χ0v) is 16.3. The van der Waals surface area contributed by atoms with Crippen molar-refractivity contribution in [2.45, 2.75) is 12.5 Å². The fourth-order valence-corrected chi connectivity index (χ4v) is 3.99. The second-order valence-corrected chi connectivity index (χ2v) is 7.10. The van der Waals surface area contributed by atoms with Crippen LogP contribution in [-0.2, 0) is 6.42 Å². The molecule has 5 heteroatoms. The molecular weight excluding hydrogens is 372 g/mol. The van der Waals surface area contributed by atoms with Crippen molar-refractivity contribution in [1.29, 1.82) is 0 Å². The van der Waals surface area contributed by atoms with Gasteiger partial charge in [0.05, 0.1) is 18.8 Å².